The lowest BCUT2D eigenvalue weighted by Crippen LogP contribution is -2.46. The van der Waals surface area contributed by atoms with Crippen molar-refractivity contribution in [2.45, 2.75) is 212 Å². The molecule has 1 amide bonds. The van der Waals surface area contributed by atoms with Crippen LogP contribution >= 0.6 is 0 Å². The van der Waals surface area contributed by atoms with Crippen LogP contribution in [0.1, 0.15) is 200 Å². The lowest BCUT2D eigenvalue weighted by Gasteiger charge is -2.21. The molecule has 0 heterocycles. The zero-order chi connectivity index (χ0) is 36.8. The molecule has 0 aromatic carbocycles. The molecule has 0 saturated carbocycles. The molecule has 50 heavy (non-hydrogen) atoms. The average molecular weight is 722 g/mol. The van der Waals surface area contributed by atoms with Crippen molar-refractivity contribution in [1.29, 1.82) is 0 Å². The normalized spacial score (nSPS) is 13.8. The predicted molar refractivity (Wildman–Crippen MR) is 216 cm³/mol. The summed E-state index contributed by atoms with van der Waals surface area (Å²) in [6.07, 6.45) is 49.5. The third-order valence-electron chi connectivity index (χ3n) is 9.21. The molecule has 0 saturated heterocycles. The summed E-state index contributed by atoms with van der Waals surface area (Å²) in [5, 5.41) is 13.2. The fourth-order valence-corrected chi connectivity index (χ4v) is 6.80. The van der Waals surface area contributed by atoms with Crippen molar-refractivity contribution in [1.82, 2.24) is 5.32 Å². The second-order valence-corrected chi connectivity index (χ2v) is 15.7. The van der Waals surface area contributed by atoms with Crippen LogP contribution in [0, 0.1) is 0 Å². The van der Waals surface area contributed by atoms with Gasteiger partial charge in [0.25, 0.3) is 10.1 Å². The zero-order valence-corrected chi connectivity index (χ0v) is 33.3. The van der Waals surface area contributed by atoms with Gasteiger partial charge in [0.1, 0.15) is 0 Å². The Morgan fingerprint density at radius 3 is 1.26 bits per heavy atom. The maximum atomic E-state index is 12.5. The van der Waals surface area contributed by atoms with Crippen molar-refractivity contribution in [2.24, 2.45) is 0 Å². The van der Waals surface area contributed by atoms with Crippen LogP contribution < -0.4 is 5.32 Å². The molecule has 0 aliphatic heterocycles. The van der Waals surface area contributed by atoms with Crippen molar-refractivity contribution in [3.05, 3.63) is 48.6 Å². The molecule has 0 radical (unpaired) electrons. The number of aliphatic hydroxyl groups is 1. The van der Waals surface area contributed by atoms with Gasteiger partial charge in [-0.1, -0.05) is 172 Å². The minimum Gasteiger partial charge on any atom is -0.387 e. The van der Waals surface area contributed by atoms with Crippen LogP contribution in [0.4, 0.5) is 0 Å². The van der Waals surface area contributed by atoms with Crippen LogP contribution in [-0.2, 0) is 14.9 Å². The molecule has 0 bridgehead atoms. The van der Waals surface area contributed by atoms with Crippen LogP contribution in [0.15, 0.2) is 48.6 Å². The Kier molecular flexibility index (Phi) is 35.8. The monoisotopic (exact) mass is 722 g/mol. The first kappa shape index (κ1) is 48.3. The highest BCUT2D eigenvalue weighted by Gasteiger charge is 2.24. The zero-order valence-electron chi connectivity index (χ0n) is 32.5. The van der Waals surface area contributed by atoms with Gasteiger partial charge in [-0.2, -0.15) is 8.42 Å². The number of carbonyl (C=O) groups is 1. The van der Waals surface area contributed by atoms with E-state index in [0.717, 1.165) is 38.5 Å². The van der Waals surface area contributed by atoms with Gasteiger partial charge >= 0.3 is 0 Å². The molecule has 0 aromatic rings. The second-order valence-electron chi connectivity index (χ2n) is 14.2. The summed E-state index contributed by atoms with van der Waals surface area (Å²) < 4.78 is 32.5. The second kappa shape index (κ2) is 37.1. The van der Waals surface area contributed by atoms with E-state index in [1.54, 1.807) is 6.08 Å². The molecular formula is C43H79NO5S. The quantitative estimate of drug-likeness (QED) is 0.0336. The van der Waals surface area contributed by atoms with Gasteiger partial charge in [-0.25, -0.2) is 0 Å². The molecule has 7 heteroatoms. The largest absolute Gasteiger partial charge is 0.387 e. The highest BCUT2D eigenvalue weighted by atomic mass is 32.2. The van der Waals surface area contributed by atoms with Crippen LogP contribution in [-0.4, -0.2) is 41.9 Å². The first-order chi connectivity index (χ1) is 24.3. The predicted octanol–water partition coefficient (Wildman–Crippen LogP) is 12.3. The van der Waals surface area contributed by atoms with Crippen molar-refractivity contribution < 1.29 is 22.9 Å². The number of amides is 1. The van der Waals surface area contributed by atoms with Gasteiger partial charge in [0, 0.05) is 6.42 Å². The summed E-state index contributed by atoms with van der Waals surface area (Å²) in [7, 11) is -4.36. The topological polar surface area (TPSA) is 104 Å². The first-order valence-corrected chi connectivity index (χ1v) is 22.4. The van der Waals surface area contributed by atoms with E-state index >= 15 is 0 Å². The Bertz CT molecular complexity index is 972. The smallest absolute Gasteiger partial charge is 0.267 e. The van der Waals surface area contributed by atoms with Crippen molar-refractivity contribution in [2.75, 3.05) is 5.75 Å². The molecule has 6 nitrogen and oxygen atoms in total. The molecule has 292 valence electrons. The van der Waals surface area contributed by atoms with E-state index in [0.29, 0.717) is 6.42 Å². The maximum Gasteiger partial charge on any atom is 0.267 e. The Labute approximate surface area is 309 Å². The highest BCUT2D eigenvalue weighted by Crippen LogP contribution is 2.13. The van der Waals surface area contributed by atoms with E-state index in [1.807, 2.05) is 0 Å². The van der Waals surface area contributed by atoms with Gasteiger partial charge in [0.05, 0.1) is 17.9 Å². The highest BCUT2D eigenvalue weighted by molar-refractivity contribution is 7.85. The van der Waals surface area contributed by atoms with Gasteiger partial charge in [-0.15, -0.1) is 0 Å². The summed E-state index contributed by atoms with van der Waals surface area (Å²) in [4.78, 5) is 12.5. The summed E-state index contributed by atoms with van der Waals surface area (Å²) >= 11 is 0. The maximum absolute atomic E-state index is 12.5. The molecule has 0 aliphatic carbocycles. The van der Waals surface area contributed by atoms with E-state index < -0.39 is 28.0 Å². The molecule has 0 fully saturated rings. The van der Waals surface area contributed by atoms with Gasteiger partial charge in [0.15, 0.2) is 0 Å². The van der Waals surface area contributed by atoms with Crippen LogP contribution in [0.25, 0.3) is 0 Å². The van der Waals surface area contributed by atoms with E-state index in [1.165, 1.54) is 141 Å². The van der Waals surface area contributed by atoms with E-state index in [4.69, 9.17) is 0 Å². The van der Waals surface area contributed by atoms with Crippen molar-refractivity contribution in [3.8, 4) is 0 Å². The molecule has 0 aromatic heterocycles. The van der Waals surface area contributed by atoms with E-state index in [9.17, 15) is 22.9 Å². The lowest BCUT2D eigenvalue weighted by atomic mass is 10.0. The van der Waals surface area contributed by atoms with Gasteiger partial charge in [0.2, 0.25) is 5.91 Å². The fourth-order valence-electron chi connectivity index (χ4n) is 6.06. The number of hydrogen-bond acceptors (Lipinski definition) is 4. The van der Waals surface area contributed by atoms with Gasteiger partial charge < -0.3 is 10.4 Å². The average Bonchev–Trinajstić information content (AvgIpc) is 3.08. The summed E-state index contributed by atoms with van der Waals surface area (Å²) in [6.45, 7) is 4.51. The Morgan fingerprint density at radius 2 is 0.860 bits per heavy atom. The van der Waals surface area contributed by atoms with Crippen LogP contribution in [0.3, 0.4) is 0 Å². The molecule has 2 unspecified atom stereocenters. The minimum absolute atomic E-state index is 0.282. The Balaban J connectivity index is 3.98. The molecule has 3 N–H and O–H groups in total. The summed E-state index contributed by atoms with van der Waals surface area (Å²) in [5.74, 6) is -1.01. The Hall–Kier alpha value is -1.70. The lowest BCUT2D eigenvalue weighted by molar-refractivity contribution is -0.122. The number of unbranched alkanes of at least 4 members (excludes halogenated alkanes) is 23. The molecule has 2 atom stereocenters. The third kappa shape index (κ3) is 37.6. The molecule has 0 spiro atoms. The molecule has 0 aliphatic rings. The third-order valence-corrected chi connectivity index (χ3v) is 9.99. The number of carbonyl (C=O) groups excluding carboxylic acids is 1. The van der Waals surface area contributed by atoms with Gasteiger partial charge in [-0.05, 0) is 70.6 Å². The number of allylic oxidation sites excluding steroid dienone is 7. The SMILES string of the molecule is CCCCCCCC/C=C\CCCCCCCCCCCC(=O)NC(CS(=O)(=O)O)C(O)/C=C/CC/C=C/CC/C=C/CCCCCCCC. The van der Waals surface area contributed by atoms with E-state index in [-0.39, 0.29) is 12.3 Å². The number of hydrogen-bond donors (Lipinski definition) is 3. The van der Waals surface area contributed by atoms with Crippen LogP contribution in [0.5, 0.6) is 0 Å². The minimum atomic E-state index is -4.36. The Morgan fingerprint density at radius 1 is 0.520 bits per heavy atom. The van der Waals surface area contributed by atoms with E-state index in [2.05, 4.69) is 55.6 Å². The molecule has 0 rings (SSSR count). The van der Waals surface area contributed by atoms with Crippen molar-refractivity contribution in [3.63, 3.8) is 0 Å². The standard InChI is InChI=1S/C43H79NO5S/c1-3-5-7-9-11-13-15-17-19-21-22-23-25-27-29-31-33-35-37-39-43(46)44-41(40-50(47,48)49)42(45)38-36-34-32-30-28-26-24-20-18-16-14-12-10-8-6-4-2/h17-20,28,30,36,38,41-42,45H,3-16,21-27,29,31-35,37,39-40H2,1-2H3,(H,44,46)(H,47,48,49)/b19-17-,20-18+,30-28+,38-36+. The number of rotatable bonds is 37. The number of nitrogens with one attached hydrogen (secondary N) is 1. The summed E-state index contributed by atoms with van der Waals surface area (Å²) in [5.41, 5.74) is 0. The fraction of sp³-hybridized carbons (Fsp3) is 0.791. The van der Waals surface area contributed by atoms with Crippen molar-refractivity contribution >= 4 is 16.0 Å². The van der Waals surface area contributed by atoms with Gasteiger partial charge in [-0.3, -0.25) is 9.35 Å². The number of aliphatic hydroxyl groups excluding tert-OH is 1. The molecular weight excluding hydrogens is 643 g/mol. The summed E-state index contributed by atoms with van der Waals surface area (Å²) in [6, 6.07) is -1.08. The first-order valence-electron chi connectivity index (χ1n) is 20.8. The van der Waals surface area contributed by atoms with Crippen LogP contribution in [0.2, 0.25) is 0 Å².